The molecule has 0 aliphatic heterocycles. The maximum absolute atomic E-state index is 13.1. The van der Waals surface area contributed by atoms with Crippen molar-refractivity contribution in [1.82, 2.24) is 0 Å². The first-order valence-electron chi connectivity index (χ1n) is 6.83. The van der Waals surface area contributed by atoms with Crippen LogP contribution in [0.5, 0.6) is 5.75 Å². The van der Waals surface area contributed by atoms with E-state index in [1.165, 1.54) is 37.8 Å². The lowest BCUT2D eigenvalue weighted by Crippen LogP contribution is -2.20. The second-order valence-electron chi connectivity index (χ2n) is 5.66. The molecule has 0 heterocycles. The quantitative estimate of drug-likeness (QED) is 0.878. The first-order chi connectivity index (χ1) is 8.76. The van der Waals surface area contributed by atoms with Gasteiger partial charge in [-0.2, -0.15) is 0 Å². The number of hydrogen-bond donors (Lipinski definition) is 1. The normalized spacial score (nSPS) is 29.6. The van der Waals surface area contributed by atoms with Gasteiger partial charge in [0.2, 0.25) is 0 Å². The molecule has 3 rings (SSSR count). The Morgan fingerprint density at radius 2 is 2.22 bits per heavy atom. The zero-order valence-electron chi connectivity index (χ0n) is 10.8. The van der Waals surface area contributed by atoms with Gasteiger partial charge in [0.15, 0.2) is 0 Å². The highest BCUT2D eigenvalue weighted by Crippen LogP contribution is 2.48. The topological polar surface area (TPSA) is 21.3 Å². The molecule has 0 spiro atoms. The van der Waals surface area contributed by atoms with Gasteiger partial charge >= 0.3 is 0 Å². The molecule has 1 aromatic carbocycles. The van der Waals surface area contributed by atoms with Crippen LogP contribution in [-0.2, 0) is 0 Å². The molecular weight excluding hydrogens is 229 g/mol. The summed E-state index contributed by atoms with van der Waals surface area (Å²) in [5, 5.41) is 3.43. The molecule has 18 heavy (non-hydrogen) atoms. The van der Waals surface area contributed by atoms with Crippen molar-refractivity contribution in [3.8, 4) is 5.75 Å². The van der Waals surface area contributed by atoms with Crippen LogP contribution < -0.4 is 10.1 Å². The summed E-state index contributed by atoms with van der Waals surface area (Å²) in [6, 6.07) is 4.68. The number of ether oxygens (including phenoxy) is 1. The van der Waals surface area contributed by atoms with E-state index in [1.54, 1.807) is 13.2 Å². The van der Waals surface area contributed by atoms with Gasteiger partial charge in [0.1, 0.15) is 11.6 Å². The number of methoxy groups -OCH3 is 1. The molecule has 1 N–H and O–H groups in total. The maximum atomic E-state index is 13.1. The minimum atomic E-state index is -0.252. The molecule has 2 fully saturated rings. The average molecular weight is 249 g/mol. The first kappa shape index (κ1) is 11.8. The van der Waals surface area contributed by atoms with E-state index in [4.69, 9.17) is 4.74 Å². The monoisotopic (exact) mass is 249 g/mol. The lowest BCUT2D eigenvalue weighted by molar-refractivity contribution is 0.347. The van der Waals surface area contributed by atoms with Gasteiger partial charge in [-0.1, -0.05) is 6.42 Å². The number of rotatable bonds is 4. The van der Waals surface area contributed by atoms with Crippen LogP contribution in [0.3, 0.4) is 0 Å². The molecule has 2 aliphatic rings. The third-order valence-corrected chi connectivity index (χ3v) is 4.60. The number of halogens is 1. The lowest BCUT2D eigenvalue weighted by Gasteiger charge is -2.23. The summed E-state index contributed by atoms with van der Waals surface area (Å²) >= 11 is 0. The first-order valence-corrected chi connectivity index (χ1v) is 6.83. The summed E-state index contributed by atoms with van der Waals surface area (Å²) in [4.78, 5) is 0. The second kappa shape index (κ2) is 4.79. The van der Waals surface area contributed by atoms with Crippen LogP contribution in [0.2, 0.25) is 0 Å². The number of benzene rings is 1. The summed E-state index contributed by atoms with van der Waals surface area (Å²) in [5.41, 5.74) is 0.904. The number of nitrogens with one attached hydrogen (secondary N) is 1. The third kappa shape index (κ3) is 2.18. The fourth-order valence-electron chi connectivity index (χ4n) is 3.68. The van der Waals surface area contributed by atoms with Gasteiger partial charge < -0.3 is 10.1 Å². The number of hydrogen-bond acceptors (Lipinski definition) is 2. The fraction of sp³-hybridized carbons (Fsp3) is 0.600. The Labute approximate surface area is 108 Å². The Kier molecular flexibility index (Phi) is 3.14. The molecule has 2 aliphatic carbocycles. The minimum absolute atomic E-state index is 0.252. The molecule has 0 amide bonds. The van der Waals surface area contributed by atoms with Crippen molar-refractivity contribution in [1.29, 1.82) is 0 Å². The lowest BCUT2D eigenvalue weighted by atomic mass is 9.89. The summed E-state index contributed by atoms with van der Waals surface area (Å²) in [6.45, 7) is 0.989. The van der Waals surface area contributed by atoms with Gasteiger partial charge in [-0.25, -0.2) is 4.39 Å². The molecule has 3 heteroatoms. The second-order valence-corrected chi connectivity index (χ2v) is 5.66. The molecule has 2 bridgehead atoms. The van der Waals surface area contributed by atoms with Crippen molar-refractivity contribution < 1.29 is 9.13 Å². The molecule has 2 saturated carbocycles. The van der Waals surface area contributed by atoms with Crippen molar-refractivity contribution >= 4 is 5.69 Å². The average Bonchev–Trinajstić information content (AvgIpc) is 2.99. The zero-order chi connectivity index (χ0) is 12.5. The summed E-state index contributed by atoms with van der Waals surface area (Å²) in [6.07, 6.45) is 5.62. The highest BCUT2D eigenvalue weighted by atomic mass is 19.1. The third-order valence-electron chi connectivity index (χ3n) is 4.60. The molecule has 98 valence electrons. The Balaban J connectivity index is 1.63. The maximum Gasteiger partial charge on any atom is 0.144 e. The molecule has 3 atom stereocenters. The Morgan fingerprint density at radius 3 is 2.89 bits per heavy atom. The minimum Gasteiger partial charge on any atom is -0.494 e. The molecule has 1 aromatic rings. The van der Waals surface area contributed by atoms with Crippen LogP contribution in [0.1, 0.15) is 25.7 Å². The van der Waals surface area contributed by atoms with Crippen LogP contribution in [0, 0.1) is 23.6 Å². The van der Waals surface area contributed by atoms with Gasteiger partial charge in [-0.15, -0.1) is 0 Å². The van der Waals surface area contributed by atoms with Gasteiger partial charge in [-0.05, 0) is 49.1 Å². The molecular formula is C15H20FNO. The predicted octanol–water partition coefficient (Wildman–Crippen LogP) is 3.68. The van der Waals surface area contributed by atoms with Crippen molar-refractivity contribution in [3.05, 3.63) is 24.0 Å². The van der Waals surface area contributed by atoms with E-state index in [2.05, 4.69) is 5.32 Å². The molecule has 3 unspecified atom stereocenters. The largest absolute Gasteiger partial charge is 0.494 e. The van der Waals surface area contributed by atoms with Crippen LogP contribution in [0.15, 0.2) is 18.2 Å². The molecule has 2 nitrogen and oxygen atoms in total. The van der Waals surface area contributed by atoms with Crippen LogP contribution in [-0.4, -0.2) is 13.7 Å². The standard InChI is InChI=1S/C15H20FNO/c1-18-15-8-13(16)4-5-14(15)17-9-12-7-10-2-3-11(12)6-10/h4-5,8,10-12,17H,2-3,6-7,9H2,1H3. The van der Waals surface area contributed by atoms with E-state index in [0.29, 0.717) is 5.75 Å². The summed E-state index contributed by atoms with van der Waals surface area (Å²) in [5.74, 6) is 3.01. The SMILES string of the molecule is COc1cc(F)ccc1NCC1CC2CCC1C2. The van der Waals surface area contributed by atoms with E-state index in [0.717, 1.165) is 30.0 Å². The van der Waals surface area contributed by atoms with Crippen LogP contribution in [0.25, 0.3) is 0 Å². The van der Waals surface area contributed by atoms with Crippen molar-refractivity contribution in [2.75, 3.05) is 19.0 Å². The smallest absolute Gasteiger partial charge is 0.144 e. The van der Waals surface area contributed by atoms with Crippen molar-refractivity contribution in [3.63, 3.8) is 0 Å². The molecule has 0 radical (unpaired) electrons. The van der Waals surface area contributed by atoms with Gasteiger partial charge in [0.25, 0.3) is 0 Å². The van der Waals surface area contributed by atoms with E-state index >= 15 is 0 Å². The number of fused-ring (bicyclic) bond motifs is 2. The number of anilines is 1. The van der Waals surface area contributed by atoms with Crippen LogP contribution >= 0.6 is 0 Å². The highest BCUT2D eigenvalue weighted by molar-refractivity contribution is 5.56. The summed E-state index contributed by atoms with van der Waals surface area (Å²) in [7, 11) is 1.58. The van der Waals surface area contributed by atoms with E-state index in [-0.39, 0.29) is 5.82 Å². The van der Waals surface area contributed by atoms with E-state index in [9.17, 15) is 4.39 Å². The van der Waals surface area contributed by atoms with E-state index in [1.807, 2.05) is 0 Å². The Bertz CT molecular complexity index is 435. The van der Waals surface area contributed by atoms with E-state index < -0.39 is 0 Å². The fourth-order valence-corrected chi connectivity index (χ4v) is 3.68. The van der Waals surface area contributed by atoms with Crippen LogP contribution in [0.4, 0.5) is 10.1 Å². The predicted molar refractivity (Wildman–Crippen MR) is 70.4 cm³/mol. The summed E-state index contributed by atoms with van der Waals surface area (Å²) < 4.78 is 18.3. The zero-order valence-corrected chi connectivity index (χ0v) is 10.8. The highest BCUT2D eigenvalue weighted by Gasteiger charge is 2.39. The molecule has 0 saturated heterocycles. The molecule has 0 aromatic heterocycles. The van der Waals surface area contributed by atoms with Gasteiger partial charge in [0, 0.05) is 12.6 Å². The van der Waals surface area contributed by atoms with Gasteiger partial charge in [0.05, 0.1) is 12.8 Å². The van der Waals surface area contributed by atoms with Crippen molar-refractivity contribution in [2.45, 2.75) is 25.7 Å². The van der Waals surface area contributed by atoms with Gasteiger partial charge in [-0.3, -0.25) is 0 Å². The Hall–Kier alpha value is -1.25. The Morgan fingerprint density at radius 1 is 1.33 bits per heavy atom. The van der Waals surface area contributed by atoms with Crippen molar-refractivity contribution in [2.24, 2.45) is 17.8 Å².